The number of benzene rings is 2. The summed E-state index contributed by atoms with van der Waals surface area (Å²) < 4.78 is 28.5. The Labute approximate surface area is 301 Å². The van der Waals surface area contributed by atoms with Gasteiger partial charge in [-0.2, -0.15) is 0 Å². The second-order valence-electron chi connectivity index (χ2n) is 12.9. The van der Waals surface area contributed by atoms with E-state index in [9.17, 15) is 47.4 Å². The van der Waals surface area contributed by atoms with Crippen LogP contribution >= 0.6 is 0 Å². The standard InChI is InChI=1S/C36H44N4O11S/c1-21(2)30(33(44)37-27(19-29(41)42)14-15-52(4,49)50)39-34(45)31(26-17-24-12-8-9-13-25(24)18-26)40-32(43)28(16-22(3)35(46)47)38-36(48)51-20-23-10-6-5-7-11-23/h5-15,21,26-28,30-31H,3,16-20H2,1-2,4H3,(H,37,44)(H,38,48)(H,39,45)(H,40,43)(H,41,42)(H,46,47)/b15-14+/t27-,28+,30?,31+/m1/s1. The summed E-state index contributed by atoms with van der Waals surface area (Å²) in [5.74, 6) is -6.28. The summed E-state index contributed by atoms with van der Waals surface area (Å²) in [5, 5.41) is 29.7. The van der Waals surface area contributed by atoms with Crippen LogP contribution in [0.15, 0.2) is 78.2 Å². The number of nitrogens with one attached hydrogen (secondary N) is 4. The molecule has 280 valence electrons. The van der Waals surface area contributed by atoms with Gasteiger partial charge in [-0.25, -0.2) is 18.0 Å². The van der Waals surface area contributed by atoms with E-state index in [0.29, 0.717) is 18.4 Å². The van der Waals surface area contributed by atoms with Crippen molar-refractivity contribution in [2.75, 3.05) is 6.26 Å². The number of amides is 4. The van der Waals surface area contributed by atoms with Crippen molar-refractivity contribution in [1.82, 2.24) is 21.3 Å². The predicted molar refractivity (Wildman–Crippen MR) is 189 cm³/mol. The average molecular weight is 741 g/mol. The number of hydrogen-bond acceptors (Lipinski definition) is 9. The molecule has 6 N–H and O–H groups in total. The Morgan fingerprint density at radius 2 is 1.44 bits per heavy atom. The van der Waals surface area contributed by atoms with Crippen LogP contribution in [0.1, 0.15) is 43.4 Å². The topological polar surface area (TPSA) is 234 Å². The molecule has 0 heterocycles. The minimum atomic E-state index is -3.65. The molecule has 4 amide bonds. The second-order valence-corrected chi connectivity index (χ2v) is 14.8. The molecule has 16 heteroatoms. The highest BCUT2D eigenvalue weighted by Crippen LogP contribution is 2.29. The van der Waals surface area contributed by atoms with Gasteiger partial charge in [-0.05, 0) is 41.4 Å². The van der Waals surface area contributed by atoms with Gasteiger partial charge >= 0.3 is 18.0 Å². The Morgan fingerprint density at radius 1 is 0.846 bits per heavy atom. The summed E-state index contributed by atoms with van der Waals surface area (Å²) in [6.07, 6.45) is 0.479. The van der Waals surface area contributed by atoms with E-state index in [1.54, 1.807) is 44.2 Å². The number of fused-ring (bicyclic) bond motifs is 1. The van der Waals surface area contributed by atoms with Gasteiger partial charge in [-0.1, -0.05) is 81.1 Å². The first kappa shape index (κ1) is 40.9. The first-order valence-electron chi connectivity index (χ1n) is 16.4. The molecule has 0 radical (unpaired) electrons. The maximum atomic E-state index is 14.1. The fourth-order valence-electron chi connectivity index (χ4n) is 5.57. The average Bonchev–Trinajstić information content (AvgIpc) is 3.50. The molecule has 0 fully saturated rings. The minimum absolute atomic E-state index is 0.137. The van der Waals surface area contributed by atoms with E-state index in [4.69, 9.17) is 4.74 Å². The minimum Gasteiger partial charge on any atom is -0.481 e. The van der Waals surface area contributed by atoms with Gasteiger partial charge < -0.3 is 36.2 Å². The quantitative estimate of drug-likeness (QED) is 0.121. The zero-order valence-corrected chi connectivity index (χ0v) is 29.9. The fourth-order valence-corrected chi connectivity index (χ4v) is 6.05. The molecule has 2 aromatic rings. The SMILES string of the molecule is C=C(C[C@H](NC(=O)OCc1ccccc1)C(=O)N[C@H](C(=O)NC(C(=O)N[C@H](/C=C/S(C)(=O)=O)CC(=O)O)C(C)C)C1Cc2ccccc2C1)C(=O)O. The third-order valence-electron chi connectivity index (χ3n) is 8.24. The molecule has 2 aromatic carbocycles. The van der Waals surface area contributed by atoms with Crippen molar-refractivity contribution in [2.24, 2.45) is 11.8 Å². The van der Waals surface area contributed by atoms with Crippen molar-refractivity contribution < 1.29 is 52.1 Å². The van der Waals surface area contributed by atoms with Gasteiger partial charge in [-0.15, -0.1) is 0 Å². The largest absolute Gasteiger partial charge is 0.481 e. The van der Waals surface area contributed by atoms with Gasteiger partial charge in [0, 0.05) is 23.7 Å². The lowest BCUT2D eigenvalue weighted by atomic mass is 9.93. The fraction of sp³-hybridized carbons (Fsp3) is 0.389. The molecule has 52 heavy (non-hydrogen) atoms. The van der Waals surface area contributed by atoms with E-state index in [1.165, 1.54) is 0 Å². The summed E-state index contributed by atoms with van der Waals surface area (Å²) in [6, 6.07) is 10.8. The zero-order chi connectivity index (χ0) is 38.6. The summed E-state index contributed by atoms with van der Waals surface area (Å²) in [7, 11) is -3.65. The Kier molecular flexibility index (Phi) is 14.7. The van der Waals surface area contributed by atoms with E-state index in [-0.39, 0.29) is 6.61 Å². The van der Waals surface area contributed by atoms with Gasteiger partial charge in [0.2, 0.25) is 17.7 Å². The molecule has 0 spiro atoms. The molecule has 1 aliphatic rings. The molecule has 4 atom stereocenters. The normalized spacial score (nSPS) is 15.1. The first-order chi connectivity index (χ1) is 24.4. The molecule has 0 aliphatic heterocycles. The summed E-state index contributed by atoms with van der Waals surface area (Å²) in [6.45, 7) is 6.59. The van der Waals surface area contributed by atoms with Crippen molar-refractivity contribution in [1.29, 1.82) is 0 Å². The number of carbonyl (C=O) groups is 6. The molecular formula is C36H44N4O11S. The lowest BCUT2D eigenvalue weighted by molar-refractivity contribution is -0.138. The Morgan fingerprint density at radius 3 is 1.98 bits per heavy atom. The maximum Gasteiger partial charge on any atom is 0.408 e. The van der Waals surface area contributed by atoms with E-state index < -0.39 is 100 Å². The number of sulfone groups is 1. The van der Waals surface area contributed by atoms with E-state index in [2.05, 4.69) is 27.8 Å². The number of carboxylic acid groups (broad SMARTS) is 2. The third-order valence-corrected chi connectivity index (χ3v) is 8.89. The van der Waals surface area contributed by atoms with Crippen molar-refractivity contribution in [3.05, 3.63) is 94.9 Å². The highest BCUT2D eigenvalue weighted by atomic mass is 32.2. The highest BCUT2D eigenvalue weighted by Gasteiger charge is 2.38. The molecule has 0 saturated heterocycles. The monoisotopic (exact) mass is 740 g/mol. The van der Waals surface area contributed by atoms with Crippen LogP contribution in [0.25, 0.3) is 0 Å². The second kappa shape index (κ2) is 18.6. The van der Waals surface area contributed by atoms with Gasteiger partial charge in [0.15, 0.2) is 9.84 Å². The van der Waals surface area contributed by atoms with E-state index in [1.807, 2.05) is 24.3 Å². The van der Waals surface area contributed by atoms with Crippen LogP contribution in [0, 0.1) is 11.8 Å². The van der Waals surface area contributed by atoms with Crippen LogP contribution in [-0.2, 0) is 58.0 Å². The van der Waals surface area contributed by atoms with Gasteiger partial charge in [0.05, 0.1) is 12.5 Å². The number of alkyl carbamates (subject to hydrolysis) is 1. The number of aliphatic carboxylic acids is 2. The van der Waals surface area contributed by atoms with Crippen molar-refractivity contribution in [3.63, 3.8) is 0 Å². The van der Waals surface area contributed by atoms with Gasteiger partial charge in [0.1, 0.15) is 24.7 Å². The third kappa shape index (κ3) is 13.0. The summed E-state index contributed by atoms with van der Waals surface area (Å²) in [4.78, 5) is 77.2. The van der Waals surface area contributed by atoms with Crippen molar-refractivity contribution in [3.8, 4) is 0 Å². The van der Waals surface area contributed by atoms with Crippen LogP contribution in [0.2, 0.25) is 0 Å². The Bertz CT molecular complexity index is 1770. The maximum absolute atomic E-state index is 14.1. The number of hydrogen-bond donors (Lipinski definition) is 6. The van der Waals surface area contributed by atoms with E-state index >= 15 is 0 Å². The molecule has 1 unspecified atom stereocenters. The number of carbonyl (C=O) groups excluding carboxylic acids is 4. The molecule has 15 nitrogen and oxygen atoms in total. The zero-order valence-electron chi connectivity index (χ0n) is 29.0. The van der Waals surface area contributed by atoms with E-state index in [0.717, 1.165) is 28.9 Å². The summed E-state index contributed by atoms with van der Waals surface area (Å²) in [5.41, 5.74) is 2.14. The predicted octanol–water partition coefficient (Wildman–Crippen LogP) is 1.87. The highest BCUT2D eigenvalue weighted by molar-refractivity contribution is 7.93. The lowest BCUT2D eigenvalue weighted by Crippen LogP contribution is -2.60. The number of carboxylic acids is 2. The van der Waals surface area contributed by atoms with Crippen LogP contribution in [0.3, 0.4) is 0 Å². The molecule has 0 aromatic heterocycles. The smallest absolute Gasteiger partial charge is 0.408 e. The van der Waals surface area contributed by atoms with Crippen LogP contribution in [-0.4, -0.2) is 84.8 Å². The number of ether oxygens (including phenoxy) is 1. The molecular weight excluding hydrogens is 696 g/mol. The molecule has 0 saturated carbocycles. The number of rotatable bonds is 18. The van der Waals surface area contributed by atoms with Crippen LogP contribution in [0.4, 0.5) is 4.79 Å². The van der Waals surface area contributed by atoms with Gasteiger partial charge in [0.25, 0.3) is 0 Å². The van der Waals surface area contributed by atoms with Gasteiger partial charge in [-0.3, -0.25) is 19.2 Å². The summed E-state index contributed by atoms with van der Waals surface area (Å²) >= 11 is 0. The van der Waals surface area contributed by atoms with Crippen molar-refractivity contribution >= 4 is 45.6 Å². The first-order valence-corrected chi connectivity index (χ1v) is 18.3. The van der Waals surface area contributed by atoms with Crippen LogP contribution in [0.5, 0.6) is 0 Å². The van der Waals surface area contributed by atoms with Crippen LogP contribution < -0.4 is 21.3 Å². The molecule has 1 aliphatic carbocycles. The Hall–Kier alpha value is -5.51. The lowest BCUT2D eigenvalue weighted by Gasteiger charge is -2.30. The molecule has 0 bridgehead atoms. The van der Waals surface area contributed by atoms with Crippen molar-refractivity contribution in [2.45, 2.75) is 70.3 Å². The Balaban J connectivity index is 1.87. The molecule has 3 rings (SSSR count).